The second-order valence-electron chi connectivity index (χ2n) is 7.02. The Morgan fingerprint density at radius 2 is 1.97 bits per heavy atom. The lowest BCUT2D eigenvalue weighted by atomic mass is 10.1. The monoisotopic (exact) mass is 461 g/mol. The molecule has 1 amide bonds. The van der Waals surface area contributed by atoms with Crippen molar-refractivity contribution in [2.75, 3.05) is 32.8 Å². The highest BCUT2D eigenvalue weighted by Crippen LogP contribution is 2.25. The van der Waals surface area contributed by atoms with E-state index in [9.17, 15) is 18.0 Å². The molecule has 9 nitrogen and oxygen atoms in total. The van der Waals surface area contributed by atoms with Gasteiger partial charge in [-0.05, 0) is 6.07 Å². The summed E-state index contributed by atoms with van der Waals surface area (Å²) < 4.78 is 39.1. The van der Waals surface area contributed by atoms with Crippen LogP contribution >= 0.6 is 11.3 Å². The highest BCUT2D eigenvalue weighted by molar-refractivity contribution is 7.09. The Labute approximate surface area is 180 Å². The number of aliphatic carboxylic acids is 1. The molecule has 2 aromatic rings. The molecule has 4 rings (SSSR count). The summed E-state index contributed by atoms with van der Waals surface area (Å²) in [6, 6.07) is 2.12. The molecule has 1 fully saturated rings. The Hall–Kier alpha value is -2.51. The zero-order valence-electron chi connectivity index (χ0n) is 16.5. The number of thiazole rings is 1. The van der Waals surface area contributed by atoms with Gasteiger partial charge < -0.3 is 14.7 Å². The van der Waals surface area contributed by atoms with E-state index in [2.05, 4.69) is 15.0 Å². The van der Waals surface area contributed by atoms with E-state index < -0.39 is 12.1 Å². The van der Waals surface area contributed by atoms with Gasteiger partial charge in [-0.2, -0.15) is 18.3 Å². The van der Waals surface area contributed by atoms with E-state index in [4.69, 9.17) is 14.6 Å². The maximum atomic E-state index is 12.6. The lowest BCUT2D eigenvalue weighted by Crippen LogP contribution is -2.44. The van der Waals surface area contributed by atoms with Gasteiger partial charge in [0.15, 0.2) is 0 Å². The van der Waals surface area contributed by atoms with Gasteiger partial charge in [0.1, 0.15) is 5.01 Å². The third-order valence-electron chi connectivity index (χ3n) is 4.81. The number of halogens is 3. The lowest BCUT2D eigenvalue weighted by molar-refractivity contribution is -0.192. The zero-order valence-corrected chi connectivity index (χ0v) is 17.3. The number of ether oxygens (including phenoxy) is 1. The number of fused-ring (bicyclic) bond motifs is 1. The summed E-state index contributed by atoms with van der Waals surface area (Å²) in [6.07, 6.45) is -0.925. The lowest BCUT2D eigenvalue weighted by Gasteiger charge is -2.35. The Morgan fingerprint density at radius 3 is 2.58 bits per heavy atom. The molecule has 170 valence electrons. The topological polar surface area (TPSA) is 101 Å². The molecule has 0 aromatic carbocycles. The van der Waals surface area contributed by atoms with Crippen molar-refractivity contribution < 1.29 is 32.6 Å². The largest absolute Gasteiger partial charge is 0.490 e. The number of alkyl halides is 3. The van der Waals surface area contributed by atoms with Crippen LogP contribution in [0.25, 0.3) is 0 Å². The molecule has 13 heteroatoms. The van der Waals surface area contributed by atoms with E-state index in [-0.39, 0.29) is 11.9 Å². The van der Waals surface area contributed by atoms with Gasteiger partial charge in [0.25, 0.3) is 0 Å². The van der Waals surface area contributed by atoms with Crippen LogP contribution in [0.5, 0.6) is 0 Å². The van der Waals surface area contributed by atoms with Crippen molar-refractivity contribution in [3.63, 3.8) is 0 Å². The maximum absolute atomic E-state index is 12.6. The molecular formula is C18H22F3N5O4S. The summed E-state index contributed by atoms with van der Waals surface area (Å²) in [4.78, 5) is 30.2. The predicted molar refractivity (Wildman–Crippen MR) is 103 cm³/mol. The van der Waals surface area contributed by atoms with E-state index in [1.54, 1.807) is 11.3 Å². The Kier molecular flexibility index (Phi) is 7.62. The van der Waals surface area contributed by atoms with Gasteiger partial charge in [-0.3, -0.25) is 14.4 Å². The van der Waals surface area contributed by atoms with Gasteiger partial charge >= 0.3 is 12.1 Å². The van der Waals surface area contributed by atoms with Crippen molar-refractivity contribution >= 4 is 23.2 Å². The summed E-state index contributed by atoms with van der Waals surface area (Å²) in [5.41, 5.74) is 1.16. The van der Waals surface area contributed by atoms with Crippen molar-refractivity contribution in [2.45, 2.75) is 31.7 Å². The van der Waals surface area contributed by atoms with Crippen LogP contribution < -0.4 is 0 Å². The summed E-state index contributed by atoms with van der Waals surface area (Å²) in [7, 11) is 0. The number of nitrogens with zero attached hydrogens (tertiary/aromatic N) is 5. The van der Waals surface area contributed by atoms with E-state index in [1.807, 2.05) is 33.4 Å². The molecule has 0 saturated carbocycles. The first-order valence-electron chi connectivity index (χ1n) is 9.53. The van der Waals surface area contributed by atoms with Crippen LogP contribution in [-0.2, 0) is 27.4 Å². The van der Waals surface area contributed by atoms with Crippen LogP contribution in [0.15, 0.2) is 23.8 Å². The third-order valence-corrected chi connectivity index (χ3v) is 5.58. The van der Waals surface area contributed by atoms with Crippen LogP contribution in [0.2, 0.25) is 0 Å². The average molecular weight is 461 g/mol. The number of carboxylic acid groups (broad SMARTS) is 1. The number of hydrogen-bond donors (Lipinski definition) is 1. The first-order valence-corrected chi connectivity index (χ1v) is 10.4. The molecule has 2 aromatic heterocycles. The number of aromatic nitrogens is 3. The maximum Gasteiger partial charge on any atom is 0.490 e. The quantitative estimate of drug-likeness (QED) is 0.741. The molecular weight excluding hydrogens is 439 g/mol. The number of rotatable bonds is 4. The standard InChI is InChI=1S/C16H21N5O2S.C2HF3O2/c22-16(20-4-6-23-7-5-20)9-14-11-19(12-15-17-3-8-24-15)10-13-1-2-18-21(13)14;3-2(4,5)1(6)7/h1-3,8,14H,4-7,9-12H2;(H,6,7). The fourth-order valence-electron chi connectivity index (χ4n) is 3.40. The second kappa shape index (κ2) is 10.2. The molecule has 0 aliphatic carbocycles. The van der Waals surface area contributed by atoms with Crippen LogP contribution in [0, 0.1) is 0 Å². The zero-order chi connectivity index (χ0) is 22.4. The van der Waals surface area contributed by atoms with E-state index in [0.29, 0.717) is 32.7 Å². The minimum Gasteiger partial charge on any atom is -0.475 e. The van der Waals surface area contributed by atoms with Gasteiger partial charge in [0, 0.05) is 44.0 Å². The molecule has 31 heavy (non-hydrogen) atoms. The van der Waals surface area contributed by atoms with E-state index in [1.165, 1.54) is 0 Å². The molecule has 2 aliphatic heterocycles. The molecule has 4 heterocycles. The van der Waals surface area contributed by atoms with Crippen LogP contribution in [0.4, 0.5) is 13.2 Å². The summed E-state index contributed by atoms with van der Waals surface area (Å²) in [6.45, 7) is 5.16. The molecule has 1 atom stereocenters. The van der Waals surface area contributed by atoms with Gasteiger partial charge in [-0.15, -0.1) is 11.3 Å². The number of amides is 1. The van der Waals surface area contributed by atoms with Crippen molar-refractivity contribution in [1.29, 1.82) is 0 Å². The fraction of sp³-hybridized carbons (Fsp3) is 0.556. The first-order chi connectivity index (χ1) is 14.7. The van der Waals surface area contributed by atoms with Gasteiger partial charge in [-0.25, -0.2) is 9.78 Å². The Morgan fingerprint density at radius 1 is 1.26 bits per heavy atom. The molecule has 0 radical (unpaired) electrons. The minimum absolute atomic E-state index is 0.0825. The molecule has 0 spiro atoms. The number of hydrogen-bond acceptors (Lipinski definition) is 7. The van der Waals surface area contributed by atoms with Crippen molar-refractivity contribution in [2.24, 2.45) is 0 Å². The summed E-state index contributed by atoms with van der Waals surface area (Å²) in [5.74, 6) is -2.56. The third kappa shape index (κ3) is 6.48. The predicted octanol–water partition coefficient (Wildman–Crippen LogP) is 1.78. The van der Waals surface area contributed by atoms with Crippen molar-refractivity contribution in [1.82, 2.24) is 24.6 Å². The van der Waals surface area contributed by atoms with Crippen molar-refractivity contribution in [3.8, 4) is 0 Å². The average Bonchev–Trinajstić information content (AvgIpc) is 3.40. The molecule has 0 bridgehead atoms. The van der Waals surface area contributed by atoms with Crippen LogP contribution in [0.3, 0.4) is 0 Å². The number of carbonyl (C=O) groups is 2. The molecule has 1 saturated heterocycles. The highest BCUT2D eigenvalue weighted by atomic mass is 32.1. The van der Waals surface area contributed by atoms with Crippen LogP contribution in [0.1, 0.15) is 23.2 Å². The number of carboxylic acids is 1. The molecule has 1 unspecified atom stereocenters. The first kappa shape index (κ1) is 23.2. The Balaban J connectivity index is 0.000000339. The molecule has 2 aliphatic rings. The van der Waals surface area contributed by atoms with Gasteiger partial charge in [-0.1, -0.05) is 0 Å². The van der Waals surface area contributed by atoms with Gasteiger partial charge in [0.05, 0.1) is 37.9 Å². The molecule has 1 N–H and O–H groups in total. The number of carbonyl (C=O) groups excluding carboxylic acids is 1. The number of morpholine rings is 1. The summed E-state index contributed by atoms with van der Waals surface area (Å²) in [5, 5.41) is 14.7. The van der Waals surface area contributed by atoms with E-state index >= 15 is 0 Å². The van der Waals surface area contributed by atoms with Gasteiger partial charge in [0.2, 0.25) is 5.91 Å². The van der Waals surface area contributed by atoms with E-state index in [0.717, 1.165) is 30.3 Å². The normalized spacial score (nSPS) is 19.3. The van der Waals surface area contributed by atoms with Crippen LogP contribution in [-0.4, -0.2) is 80.6 Å². The minimum atomic E-state index is -5.08. The fourth-order valence-corrected chi connectivity index (χ4v) is 4.06. The highest BCUT2D eigenvalue weighted by Gasteiger charge is 2.38. The van der Waals surface area contributed by atoms with Crippen molar-refractivity contribution in [3.05, 3.63) is 34.5 Å². The smallest absolute Gasteiger partial charge is 0.475 e. The SMILES string of the molecule is O=C(CC1CN(Cc2nccs2)Cc2ccnn21)N1CCOCC1.O=C(O)C(F)(F)F. The summed E-state index contributed by atoms with van der Waals surface area (Å²) >= 11 is 1.67. The Bertz CT molecular complexity index is 868. The second-order valence-corrected chi connectivity index (χ2v) is 8.00.